The van der Waals surface area contributed by atoms with Gasteiger partial charge in [-0.2, -0.15) is 0 Å². The van der Waals surface area contributed by atoms with Crippen molar-refractivity contribution in [3.63, 3.8) is 0 Å². The Morgan fingerprint density at radius 2 is 2.20 bits per heavy atom. The number of likely N-dealkylation sites (tertiary alicyclic amines) is 1. The predicted molar refractivity (Wildman–Crippen MR) is 81.4 cm³/mol. The third-order valence-corrected chi connectivity index (χ3v) is 3.57. The molecule has 0 radical (unpaired) electrons. The van der Waals surface area contributed by atoms with Crippen molar-refractivity contribution in [3.8, 4) is 0 Å². The Balaban J connectivity index is 2.21. The van der Waals surface area contributed by atoms with Crippen LogP contribution in [0.4, 0.5) is 17.1 Å². The van der Waals surface area contributed by atoms with Crippen LogP contribution in [0.2, 0.25) is 0 Å². The molecule has 1 heterocycles. The fraction of sp³-hybridized carbons (Fsp3) is 0.571. The zero-order chi connectivity index (χ0) is 14.5. The van der Waals surface area contributed by atoms with Crippen LogP contribution in [-0.2, 0) is 0 Å². The van der Waals surface area contributed by atoms with Gasteiger partial charge in [-0.15, -0.1) is 0 Å². The van der Waals surface area contributed by atoms with Gasteiger partial charge >= 0.3 is 5.69 Å². The van der Waals surface area contributed by atoms with Crippen molar-refractivity contribution < 1.29 is 4.92 Å². The lowest BCUT2D eigenvalue weighted by atomic mass is 10.1. The molecule has 1 aromatic carbocycles. The van der Waals surface area contributed by atoms with Crippen LogP contribution < -0.4 is 10.6 Å². The van der Waals surface area contributed by atoms with Gasteiger partial charge in [-0.05, 0) is 45.5 Å². The van der Waals surface area contributed by atoms with E-state index in [1.165, 1.54) is 0 Å². The second-order valence-electron chi connectivity index (χ2n) is 5.23. The number of para-hydroxylation sites is 1. The maximum absolute atomic E-state index is 11.3. The van der Waals surface area contributed by atoms with E-state index in [-0.39, 0.29) is 16.7 Å². The molecule has 1 saturated heterocycles. The molecule has 20 heavy (non-hydrogen) atoms. The second kappa shape index (κ2) is 6.56. The van der Waals surface area contributed by atoms with Crippen LogP contribution >= 0.6 is 0 Å². The van der Waals surface area contributed by atoms with Crippen molar-refractivity contribution >= 4 is 17.1 Å². The molecule has 1 unspecified atom stereocenters. The second-order valence-corrected chi connectivity index (χ2v) is 5.23. The minimum Gasteiger partial charge on any atom is -0.380 e. The molecule has 110 valence electrons. The molecule has 0 bridgehead atoms. The molecule has 0 saturated carbocycles. The Bertz CT molecular complexity index is 478. The van der Waals surface area contributed by atoms with Crippen LogP contribution in [0.5, 0.6) is 0 Å². The summed E-state index contributed by atoms with van der Waals surface area (Å²) in [5, 5.41) is 17.7. The van der Waals surface area contributed by atoms with Crippen LogP contribution in [0.25, 0.3) is 0 Å². The number of benzene rings is 1. The van der Waals surface area contributed by atoms with Crippen molar-refractivity contribution in [1.29, 1.82) is 0 Å². The fourth-order valence-electron chi connectivity index (χ4n) is 2.69. The Labute approximate surface area is 119 Å². The van der Waals surface area contributed by atoms with Gasteiger partial charge in [0.1, 0.15) is 11.4 Å². The highest BCUT2D eigenvalue weighted by Gasteiger charge is 2.23. The average molecular weight is 278 g/mol. The van der Waals surface area contributed by atoms with Gasteiger partial charge in [0.25, 0.3) is 0 Å². The number of nitro benzene ring substituents is 1. The van der Waals surface area contributed by atoms with Gasteiger partial charge in [0.15, 0.2) is 0 Å². The summed E-state index contributed by atoms with van der Waals surface area (Å²) in [6.45, 7) is 4.61. The smallest absolute Gasteiger partial charge is 0.315 e. The number of anilines is 2. The first-order valence-corrected chi connectivity index (χ1v) is 7.08. The van der Waals surface area contributed by atoms with E-state index in [9.17, 15) is 10.1 Å². The van der Waals surface area contributed by atoms with E-state index in [1.54, 1.807) is 12.1 Å². The number of hydrogen-bond acceptors (Lipinski definition) is 5. The quantitative estimate of drug-likeness (QED) is 0.640. The van der Waals surface area contributed by atoms with Crippen LogP contribution in [0.3, 0.4) is 0 Å². The van der Waals surface area contributed by atoms with E-state index in [0.29, 0.717) is 17.9 Å². The molecule has 0 aliphatic carbocycles. The molecule has 0 spiro atoms. The van der Waals surface area contributed by atoms with E-state index in [1.807, 2.05) is 13.0 Å². The first-order valence-electron chi connectivity index (χ1n) is 7.08. The number of piperidine rings is 1. The molecular formula is C14H22N4O2. The minimum atomic E-state index is -0.313. The van der Waals surface area contributed by atoms with Gasteiger partial charge in [-0.3, -0.25) is 10.1 Å². The number of nitro groups is 1. The lowest BCUT2D eigenvalue weighted by Gasteiger charge is -2.30. The number of rotatable bonds is 5. The Morgan fingerprint density at radius 1 is 1.45 bits per heavy atom. The fourth-order valence-corrected chi connectivity index (χ4v) is 2.69. The third kappa shape index (κ3) is 3.39. The summed E-state index contributed by atoms with van der Waals surface area (Å²) in [5.74, 6) is 0. The van der Waals surface area contributed by atoms with Crippen LogP contribution in [0.1, 0.15) is 19.8 Å². The van der Waals surface area contributed by atoms with Crippen molar-refractivity contribution in [2.24, 2.45) is 0 Å². The molecular weight excluding hydrogens is 256 g/mol. The molecule has 1 atom stereocenters. The van der Waals surface area contributed by atoms with Gasteiger partial charge < -0.3 is 15.5 Å². The molecule has 1 aliphatic heterocycles. The molecule has 1 aliphatic rings. The summed E-state index contributed by atoms with van der Waals surface area (Å²) in [6.07, 6.45) is 2.17. The maximum Gasteiger partial charge on any atom is 0.315 e. The summed E-state index contributed by atoms with van der Waals surface area (Å²) >= 11 is 0. The normalized spacial score (nSPS) is 19.6. The van der Waals surface area contributed by atoms with E-state index in [2.05, 4.69) is 22.6 Å². The van der Waals surface area contributed by atoms with Crippen LogP contribution in [0, 0.1) is 10.1 Å². The Hall–Kier alpha value is -1.82. The van der Waals surface area contributed by atoms with Gasteiger partial charge in [0, 0.05) is 19.1 Å². The predicted octanol–water partition coefficient (Wildman–Crippen LogP) is 2.53. The van der Waals surface area contributed by atoms with Gasteiger partial charge in [0.2, 0.25) is 0 Å². The first kappa shape index (κ1) is 14.6. The van der Waals surface area contributed by atoms with Crippen molar-refractivity contribution in [3.05, 3.63) is 28.3 Å². The van der Waals surface area contributed by atoms with Crippen LogP contribution in [-0.4, -0.2) is 42.5 Å². The number of hydrogen-bond donors (Lipinski definition) is 2. The summed E-state index contributed by atoms with van der Waals surface area (Å²) < 4.78 is 0. The average Bonchev–Trinajstić information content (AvgIpc) is 2.39. The molecule has 0 amide bonds. The summed E-state index contributed by atoms with van der Waals surface area (Å²) in [6, 6.07) is 5.65. The van der Waals surface area contributed by atoms with E-state index in [0.717, 1.165) is 25.9 Å². The monoisotopic (exact) mass is 278 g/mol. The standard InChI is InChI=1S/C14H22N4O2/c1-3-15-12-7-4-8-13(14(12)18(19)20)16-11-6-5-9-17(2)10-11/h4,7-8,11,15-16H,3,5-6,9-10H2,1-2H3. The van der Waals surface area contributed by atoms with Gasteiger partial charge in [0.05, 0.1) is 4.92 Å². The lowest BCUT2D eigenvalue weighted by molar-refractivity contribution is -0.383. The topological polar surface area (TPSA) is 70.4 Å². The zero-order valence-electron chi connectivity index (χ0n) is 12.1. The van der Waals surface area contributed by atoms with Crippen LogP contribution in [0.15, 0.2) is 18.2 Å². The molecule has 6 nitrogen and oxygen atoms in total. The highest BCUT2D eigenvalue weighted by atomic mass is 16.6. The maximum atomic E-state index is 11.3. The molecule has 0 aromatic heterocycles. The van der Waals surface area contributed by atoms with Gasteiger partial charge in [-0.1, -0.05) is 6.07 Å². The van der Waals surface area contributed by atoms with Crippen molar-refractivity contribution in [2.75, 3.05) is 37.3 Å². The molecule has 6 heteroatoms. The highest BCUT2D eigenvalue weighted by molar-refractivity contribution is 5.76. The first-order chi connectivity index (χ1) is 9.61. The Kier molecular flexibility index (Phi) is 4.79. The lowest BCUT2D eigenvalue weighted by Crippen LogP contribution is -2.39. The summed E-state index contributed by atoms with van der Waals surface area (Å²) in [5.41, 5.74) is 1.32. The number of nitrogens with zero attached hydrogens (tertiary/aromatic N) is 2. The van der Waals surface area contributed by atoms with E-state index in [4.69, 9.17) is 0 Å². The van der Waals surface area contributed by atoms with Crippen molar-refractivity contribution in [2.45, 2.75) is 25.8 Å². The third-order valence-electron chi connectivity index (χ3n) is 3.57. The molecule has 1 aromatic rings. The Morgan fingerprint density at radius 3 is 2.85 bits per heavy atom. The molecule has 1 fully saturated rings. The number of nitrogens with one attached hydrogen (secondary N) is 2. The zero-order valence-corrected chi connectivity index (χ0v) is 12.1. The molecule has 2 rings (SSSR count). The SMILES string of the molecule is CCNc1cccc(NC2CCCN(C)C2)c1[N+](=O)[O-]. The summed E-state index contributed by atoms with van der Waals surface area (Å²) in [4.78, 5) is 13.3. The highest BCUT2D eigenvalue weighted by Crippen LogP contribution is 2.33. The van der Waals surface area contributed by atoms with E-state index < -0.39 is 0 Å². The number of likely N-dealkylation sites (N-methyl/N-ethyl adjacent to an activating group) is 1. The van der Waals surface area contributed by atoms with Crippen molar-refractivity contribution in [1.82, 2.24) is 4.90 Å². The minimum absolute atomic E-state index is 0.141. The largest absolute Gasteiger partial charge is 0.380 e. The van der Waals surface area contributed by atoms with Gasteiger partial charge in [-0.25, -0.2) is 0 Å². The van der Waals surface area contributed by atoms with E-state index >= 15 is 0 Å². The summed E-state index contributed by atoms with van der Waals surface area (Å²) in [7, 11) is 2.08. The molecule has 2 N–H and O–H groups in total.